The van der Waals surface area contributed by atoms with Crippen LogP contribution in [-0.4, -0.2) is 5.71 Å². The van der Waals surface area contributed by atoms with Gasteiger partial charge < -0.3 is 0 Å². The van der Waals surface area contributed by atoms with Gasteiger partial charge in [-0.1, -0.05) is 31.0 Å². The van der Waals surface area contributed by atoms with Crippen molar-refractivity contribution >= 4 is 23.0 Å². The molecule has 1 aromatic rings. The molecule has 0 saturated heterocycles. The second kappa shape index (κ2) is 5.88. The van der Waals surface area contributed by atoms with Crippen LogP contribution in [0.4, 0.5) is 5.69 Å². The van der Waals surface area contributed by atoms with Crippen LogP contribution in [0.25, 0.3) is 0 Å². The molecule has 98 valence electrons. The predicted octanol–water partition coefficient (Wildman–Crippen LogP) is 5.81. The third-order valence-electron chi connectivity index (χ3n) is 3.52. The summed E-state index contributed by atoms with van der Waals surface area (Å²) < 4.78 is 0. The number of hydrogen-bond donors (Lipinski definition) is 0. The summed E-state index contributed by atoms with van der Waals surface area (Å²) in [5.74, 6) is 0.750. The molecule has 1 nitrogen and oxygen atoms in total. The molecule has 0 spiro atoms. The first-order valence-electron chi connectivity index (χ1n) is 6.96. The lowest BCUT2D eigenvalue weighted by atomic mass is 10.1. The van der Waals surface area contributed by atoms with Crippen LogP contribution < -0.4 is 0 Å². The Hall–Kier alpha value is -0.820. The van der Waals surface area contributed by atoms with Gasteiger partial charge in [-0.05, 0) is 62.6 Å². The molecule has 0 bridgehead atoms. The van der Waals surface area contributed by atoms with E-state index in [-0.39, 0.29) is 0 Å². The van der Waals surface area contributed by atoms with Crippen molar-refractivity contribution in [1.82, 2.24) is 0 Å². The minimum Gasteiger partial charge on any atom is -0.256 e. The highest BCUT2D eigenvalue weighted by Gasteiger charge is 2.24. The van der Waals surface area contributed by atoms with Crippen LogP contribution in [0.1, 0.15) is 63.0 Å². The van der Waals surface area contributed by atoms with Gasteiger partial charge in [-0.25, -0.2) is 0 Å². The van der Waals surface area contributed by atoms with E-state index in [1.54, 1.807) is 0 Å². The zero-order chi connectivity index (χ0) is 13.1. The SMILES string of the molecule is CCCCC(C)=Nc1c(C)cc(C2CC2)cc1Cl. The zero-order valence-electron chi connectivity index (χ0n) is 11.6. The Morgan fingerprint density at radius 3 is 2.67 bits per heavy atom. The summed E-state index contributed by atoms with van der Waals surface area (Å²) in [6, 6.07) is 4.37. The van der Waals surface area contributed by atoms with Gasteiger partial charge in [0.15, 0.2) is 0 Å². The van der Waals surface area contributed by atoms with E-state index in [1.165, 1.54) is 42.5 Å². The molecular formula is C16H22ClN. The van der Waals surface area contributed by atoms with E-state index in [0.29, 0.717) is 0 Å². The quantitative estimate of drug-likeness (QED) is 0.595. The molecule has 0 atom stereocenters. The molecule has 0 heterocycles. The van der Waals surface area contributed by atoms with Crippen LogP contribution in [0.2, 0.25) is 5.02 Å². The second-order valence-corrected chi connectivity index (χ2v) is 5.80. The van der Waals surface area contributed by atoms with Crippen molar-refractivity contribution in [3.63, 3.8) is 0 Å². The minimum absolute atomic E-state index is 0.750. The molecule has 1 aliphatic rings. The van der Waals surface area contributed by atoms with Crippen LogP contribution in [0.5, 0.6) is 0 Å². The average Bonchev–Trinajstić information content (AvgIpc) is 3.15. The summed E-state index contributed by atoms with van der Waals surface area (Å²) in [6.07, 6.45) is 6.10. The number of benzene rings is 1. The number of rotatable bonds is 5. The molecule has 2 heteroatoms. The number of aliphatic imine (C=N–C) groups is 1. The fourth-order valence-corrected chi connectivity index (χ4v) is 2.55. The molecule has 0 unspecified atom stereocenters. The van der Waals surface area contributed by atoms with Crippen LogP contribution >= 0.6 is 11.6 Å². The fraction of sp³-hybridized carbons (Fsp3) is 0.562. The highest BCUT2D eigenvalue weighted by molar-refractivity contribution is 6.33. The van der Waals surface area contributed by atoms with Crippen LogP contribution in [0, 0.1) is 6.92 Å². The lowest BCUT2D eigenvalue weighted by molar-refractivity contribution is 0.833. The molecule has 1 fully saturated rings. The summed E-state index contributed by atoms with van der Waals surface area (Å²) in [6.45, 7) is 6.42. The Kier molecular flexibility index (Phi) is 4.45. The molecule has 0 amide bonds. The molecule has 0 aliphatic heterocycles. The third-order valence-corrected chi connectivity index (χ3v) is 3.81. The van der Waals surface area contributed by atoms with Gasteiger partial charge in [-0.3, -0.25) is 4.99 Å². The number of aryl methyl sites for hydroxylation is 1. The maximum absolute atomic E-state index is 6.38. The Labute approximate surface area is 115 Å². The summed E-state index contributed by atoms with van der Waals surface area (Å²) in [5, 5.41) is 0.813. The van der Waals surface area contributed by atoms with Crippen molar-refractivity contribution in [2.75, 3.05) is 0 Å². The first kappa shape index (κ1) is 13.6. The topological polar surface area (TPSA) is 12.4 Å². The summed E-state index contributed by atoms with van der Waals surface area (Å²) in [7, 11) is 0. The van der Waals surface area contributed by atoms with E-state index >= 15 is 0 Å². The van der Waals surface area contributed by atoms with Gasteiger partial charge in [-0.2, -0.15) is 0 Å². The van der Waals surface area contributed by atoms with Gasteiger partial charge in [0.1, 0.15) is 0 Å². The van der Waals surface area contributed by atoms with Gasteiger partial charge >= 0.3 is 0 Å². The van der Waals surface area contributed by atoms with Gasteiger partial charge in [0.05, 0.1) is 10.7 Å². The molecule has 1 aliphatic carbocycles. The fourth-order valence-electron chi connectivity index (χ4n) is 2.24. The first-order valence-corrected chi connectivity index (χ1v) is 7.33. The van der Waals surface area contributed by atoms with Crippen LogP contribution in [0.15, 0.2) is 17.1 Å². The Bertz CT molecular complexity index is 435. The maximum atomic E-state index is 6.38. The van der Waals surface area contributed by atoms with Gasteiger partial charge in [-0.15, -0.1) is 0 Å². The second-order valence-electron chi connectivity index (χ2n) is 5.39. The first-order chi connectivity index (χ1) is 8.61. The zero-order valence-corrected chi connectivity index (χ0v) is 12.3. The van der Waals surface area contributed by atoms with Crippen LogP contribution in [0.3, 0.4) is 0 Å². The minimum atomic E-state index is 0.750. The highest BCUT2D eigenvalue weighted by Crippen LogP contribution is 2.43. The summed E-state index contributed by atoms with van der Waals surface area (Å²) in [4.78, 5) is 4.70. The van der Waals surface area contributed by atoms with Crippen molar-refractivity contribution in [2.24, 2.45) is 4.99 Å². The lowest BCUT2D eigenvalue weighted by Gasteiger charge is -2.08. The summed E-state index contributed by atoms with van der Waals surface area (Å²) >= 11 is 6.38. The normalized spacial score (nSPS) is 16.1. The molecular weight excluding hydrogens is 242 g/mol. The highest BCUT2D eigenvalue weighted by atomic mass is 35.5. The van der Waals surface area contributed by atoms with Crippen molar-refractivity contribution in [3.05, 3.63) is 28.3 Å². The van der Waals surface area contributed by atoms with Gasteiger partial charge in [0, 0.05) is 5.71 Å². The molecule has 1 aromatic carbocycles. The van der Waals surface area contributed by atoms with Crippen molar-refractivity contribution in [2.45, 2.75) is 58.8 Å². The van der Waals surface area contributed by atoms with E-state index in [9.17, 15) is 0 Å². The van der Waals surface area contributed by atoms with E-state index in [2.05, 4.69) is 32.9 Å². The number of unbranched alkanes of at least 4 members (excludes halogenated alkanes) is 1. The van der Waals surface area contributed by atoms with E-state index < -0.39 is 0 Å². The predicted molar refractivity (Wildman–Crippen MR) is 80.5 cm³/mol. The number of hydrogen-bond acceptors (Lipinski definition) is 1. The van der Waals surface area contributed by atoms with Crippen molar-refractivity contribution in [1.29, 1.82) is 0 Å². The van der Waals surface area contributed by atoms with Crippen LogP contribution in [-0.2, 0) is 0 Å². The molecule has 2 rings (SSSR count). The van der Waals surface area contributed by atoms with Crippen molar-refractivity contribution in [3.8, 4) is 0 Å². The number of halogens is 1. The molecule has 0 radical (unpaired) electrons. The molecule has 18 heavy (non-hydrogen) atoms. The lowest BCUT2D eigenvalue weighted by Crippen LogP contribution is -1.92. The molecule has 0 aromatic heterocycles. The monoisotopic (exact) mass is 263 g/mol. The standard InChI is InChI=1S/C16H22ClN/c1-4-5-6-12(3)18-16-11(2)9-14(10-15(16)17)13-7-8-13/h9-10,13H,4-8H2,1-3H3. The summed E-state index contributed by atoms with van der Waals surface area (Å²) in [5.41, 5.74) is 4.75. The molecule has 1 saturated carbocycles. The Balaban J connectivity index is 2.22. The van der Waals surface area contributed by atoms with Gasteiger partial charge in [0.2, 0.25) is 0 Å². The smallest absolute Gasteiger partial charge is 0.0844 e. The van der Waals surface area contributed by atoms with Gasteiger partial charge in [0.25, 0.3) is 0 Å². The van der Waals surface area contributed by atoms with Crippen molar-refractivity contribution < 1.29 is 0 Å². The average molecular weight is 264 g/mol. The van der Waals surface area contributed by atoms with E-state index in [0.717, 1.165) is 23.0 Å². The van der Waals surface area contributed by atoms with E-state index in [1.807, 2.05) is 0 Å². The largest absolute Gasteiger partial charge is 0.256 e. The Morgan fingerprint density at radius 2 is 2.11 bits per heavy atom. The molecule has 0 N–H and O–H groups in total. The maximum Gasteiger partial charge on any atom is 0.0844 e. The Morgan fingerprint density at radius 1 is 1.39 bits per heavy atom. The van der Waals surface area contributed by atoms with E-state index in [4.69, 9.17) is 16.6 Å². The third kappa shape index (κ3) is 3.35. The number of nitrogens with zero attached hydrogens (tertiary/aromatic N) is 1.